The number of carbonyl (C=O) groups is 2. The fraction of sp³-hybridized carbons (Fsp3) is 0.600. The van der Waals surface area contributed by atoms with Crippen LogP contribution in [0.3, 0.4) is 0 Å². The molecule has 1 aliphatic heterocycles. The predicted octanol–water partition coefficient (Wildman–Crippen LogP) is 2.14. The normalized spacial score (nSPS) is 21.4. The van der Waals surface area contributed by atoms with Gasteiger partial charge < -0.3 is 10.1 Å². The Morgan fingerprint density at radius 1 is 1.07 bits per heavy atom. The molecular formula is C20H28N2O5S. The van der Waals surface area contributed by atoms with Crippen molar-refractivity contribution in [3.8, 4) is 0 Å². The van der Waals surface area contributed by atoms with Gasteiger partial charge in [-0.25, -0.2) is 8.42 Å². The molecule has 0 spiro atoms. The van der Waals surface area contributed by atoms with E-state index in [1.165, 1.54) is 10.7 Å². The molecule has 1 N–H and O–H groups in total. The van der Waals surface area contributed by atoms with E-state index in [1.54, 1.807) is 24.3 Å². The van der Waals surface area contributed by atoms with Gasteiger partial charge in [-0.2, -0.15) is 4.31 Å². The molecule has 1 atom stereocenters. The second-order valence-electron chi connectivity index (χ2n) is 7.60. The second kappa shape index (κ2) is 9.05. The standard InChI is InChI=1S/C20H28N2O5S/c1-15-9-11-17(12-10-15)28(25,26)22-13-5-8-18(22)20(24)27-14-19(23)21-16-6-3-2-4-7-16/h9-12,16,18H,2-8,13-14H2,1H3,(H,21,23)/t18-/m0/s1. The summed E-state index contributed by atoms with van der Waals surface area (Å²) in [7, 11) is -3.78. The van der Waals surface area contributed by atoms with Crippen LogP contribution in [0.2, 0.25) is 0 Å². The maximum Gasteiger partial charge on any atom is 0.324 e. The van der Waals surface area contributed by atoms with Crippen LogP contribution in [0.1, 0.15) is 50.5 Å². The van der Waals surface area contributed by atoms with Crippen LogP contribution in [-0.2, 0) is 24.3 Å². The van der Waals surface area contributed by atoms with Crippen LogP contribution in [0, 0.1) is 6.92 Å². The van der Waals surface area contributed by atoms with Crippen LogP contribution in [-0.4, -0.2) is 49.8 Å². The Morgan fingerprint density at radius 2 is 1.75 bits per heavy atom. The quantitative estimate of drug-likeness (QED) is 0.728. The van der Waals surface area contributed by atoms with Gasteiger partial charge in [-0.1, -0.05) is 37.0 Å². The lowest BCUT2D eigenvalue weighted by Gasteiger charge is -2.24. The molecule has 1 aromatic carbocycles. The van der Waals surface area contributed by atoms with Crippen molar-refractivity contribution in [2.45, 2.75) is 68.8 Å². The summed E-state index contributed by atoms with van der Waals surface area (Å²) in [6.45, 7) is 1.78. The highest BCUT2D eigenvalue weighted by Gasteiger charge is 2.40. The van der Waals surface area contributed by atoms with E-state index < -0.39 is 22.0 Å². The number of aryl methyl sites for hydroxylation is 1. The molecule has 2 fully saturated rings. The minimum absolute atomic E-state index is 0.143. The largest absolute Gasteiger partial charge is 0.454 e. The molecule has 3 rings (SSSR count). The topological polar surface area (TPSA) is 92.8 Å². The van der Waals surface area contributed by atoms with Crippen LogP contribution in [0.15, 0.2) is 29.2 Å². The summed E-state index contributed by atoms with van der Waals surface area (Å²) in [5.74, 6) is -0.988. The first-order valence-electron chi connectivity index (χ1n) is 9.92. The summed E-state index contributed by atoms with van der Waals surface area (Å²) < 4.78 is 32.1. The van der Waals surface area contributed by atoms with E-state index in [4.69, 9.17) is 4.74 Å². The van der Waals surface area contributed by atoms with Gasteiger partial charge in [-0.15, -0.1) is 0 Å². The van der Waals surface area contributed by atoms with E-state index in [0.29, 0.717) is 12.8 Å². The monoisotopic (exact) mass is 408 g/mol. The summed E-state index contributed by atoms with van der Waals surface area (Å²) in [4.78, 5) is 24.7. The average molecular weight is 409 g/mol. The summed E-state index contributed by atoms with van der Waals surface area (Å²) >= 11 is 0. The molecule has 7 nitrogen and oxygen atoms in total. The first kappa shape index (κ1) is 20.8. The maximum atomic E-state index is 12.9. The number of sulfonamides is 1. The highest BCUT2D eigenvalue weighted by Crippen LogP contribution is 2.27. The van der Waals surface area contributed by atoms with E-state index in [9.17, 15) is 18.0 Å². The summed E-state index contributed by atoms with van der Waals surface area (Å²) in [6, 6.07) is 5.81. The Balaban J connectivity index is 1.58. The van der Waals surface area contributed by atoms with Gasteiger partial charge in [0.25, 0.3) is 5.91 Å². The predicted molar refractivity (Wildman–Crippen MR) is 104 cm³/mol. The molecule has 1 saturated carbocycles. The number of nitrogens with one attached hydrogen (secondary N) is 1. The fourth-order valence-electron chi connectivity index (χ4n) is 3.86. The van der Waals surface area contributed by atoms with Crippen molar-refractivity contribution < 1.29 is 22.7 Å². The van der Waals surface area contributed by atoms with Crippen LogP contribution in [0.4, 0.5) is 0 Å². The maximum absolute atomic E-state index is 12.9. The van der Waals surface area contributed by atoms with Gasteiger partial charge in [0, 0.05) is 12.6 Å². The van der Waals surface area contributed by atoms with E-state index in [2.05, 4.69) is 5.32 Å². The lowest BCUT2D eigenvalue weighted by molar-refractivity contribution is -0.151. The second-order valence-corrected chi connectivity index (χ2v) is 9.49. The third kappa shape index (κ3) is 4.91. The van der Waals surface area contributed by atoms with E-state index in [0.717, 1.165) is 31.2 Å². The molecule has 0 unspecified atom stereocenters. The van der Waals surface area contributed by atoms with E-state index in [1.807, 2.05) is 6.92 Å². The van der Waals surface area contributed by atoms with Crippen molar-refractivity contribution in [2.24, 2.45) is 0 Å². The zero-order valence-electron chi connectivity index (χ0n) is 16.2. The molecule has 8 heteroatoms. The Bertz CT molecular complexity index is 800. The molecule has 1 aliphatic carbocycles. The lowest BCUT2D eigenvalue weighted by Crippen LogP contribution is -2.43. The highest BCUT2D eigenvalue weighted by atomic mass is 32.2. The van der Waals surface area contributed by atoms with Crippen molar-refractivity contribution in [1.82, 2.24) is 9.62 Å². The van der Waals surface area contributed by atoms with E-state index >= 15 is 0 Å². The zero-order chi connectivity index (χ0) is 20.1. The number of amides is 1. The number of carbonyl (C=O) groups excluding carboxylic acids is 2. The zero-order valence-corrected chi connectivity index (χ0v) is 17.0. The number of esters is 1. The number of hydrogen-bond donors (Lipinski definition) is 1. The molecule has 1 saturated heterocycles. The smallest absolute Gasteiger partial charge is 0.324 e. The molecule has 1 aromatic rings. The Hall–Kier alpha value is -1.93. The van der Waals surface area contributed by atoms with Crippen molar-refractivity contribution in [3.63, 3.8) is 0 Å². The van der Waals surface area contributed by atoms with Crippen molar-refractivity contribution in [1.29, 1.82) is 0 Å². The van der Waals surface area contributed by atoms with Crippen LogP contribution < -0.4 is 5.32 Å². The van der Waals surface area contributed by atoms with Crippen LogP contribution >= 0.6 is 0 Å². The minimum atomic E-state index is -3.78. The Morgan fingerprint density at radius 3 is 2.43 bits per heavy atom. The highest BCUT2D eigenvalue weighted by molar-refractivity contribution is 7.89. The molecule has 28 heavy (non-hydrogen) atoms. The summed E-state index contributed by atoms with van der Waals surface area (Å²) in [5.41, 5.74) is 0.959. The van der Waals surface area contributed by atoms with Gasteiger partial charge in [0.05, 0.1) is 4.90 Å². The molecule has 154 valence electrons. The van der Waals surface area contributed by atoms with Gasteiger partial charge in [-0.05, 0) is 44.7 Å². The number of benzene rings is 1. The number of hydrogen-bond acceptors (Lipinski definition) is 5. The van der Waals surface area contributed by atoms with Crippen LogP contribution in [0.5, 0.6) is 0 Å². The summed E-state index contributed by atoms with van der Waals surface area (Å²) in [5, 5.41) is 2.89. The van der Waals surface area contributed by atoms with Crippen LogP contribution in [0.25, 0.3) is 0 Å². The van der Waals surface area contributed by atoms with Gasteiger partial charge in [0.15, 0.2) is 6.61 Å². The Labute approximate surface area is 166 Å². The van der Waals surface area contributed by atoms with Crippen molar-refractivity contribution >= 4 is 21.9 Å². The SMILES string of the molecule is Cc1ccc(S(=O)(=O)N2CCC[C@H]2C(=O)OCC(=O)NC2CCCCC2)cc1. The third-order valence-corrected chi connectivity index (χ3v) is 7.34. The minimum Gasteiger partial charge on any atom is -0.454 e. The van der Waals surface area contributed by atoms with Crippen molar-refractivity contribution in [3.05, 3.63) is 29.8 Å². The molecule has 1 heterocycles. The first-order chi connectivity index (χ1) is 13.4. The number of nitrogens with zero attached hydrogens (tertiary/aromatic N) is 1. The number of rotatable bonds is 6. The van der Waals surface area contributed by atoms with Gasteiger partial charge in [0.2, 0.25) is 10.0 Å². The number of ether oxygens (including phenoxy) is 1. The molecule has 0 bridgehead atoms. The van der Waals surface area contributed by atoms with Crippen molar-refractivity contribution in [2.75, 3.05) is 13.2 Å². The molecular weight excluding hydrogens is 380 g/mol. The fourth-order valence-corrected chi connectivity index (χ4v) is 5.50. The molecule has 2 aliphatic rings. The third-order valence-electron chi connectivity index (χ3n) is 5.42. The van der Waals surface area contributed by atoms with Gasteiger partial charge in [-0.3, -0.25) is 9.59 Å². The first-order valence-corrected chi connectivity index (χ1v) is 11.4. The average Bonchev–Trinajstić information content (AvgIpc) is 3.18. The van der Waals surface area contributed by atoms with E-state index in [-0.39, 0.29) is 30.0 Å². The Kier molecular flexibility index (Phi) is 6.72. The summed E-state index contributed by atoms with van der Waals surface area (Å²) in [6.07, 6.45) is 6.26. The van der Waals surface area contributed by atoms with Gasteiger partial charge in [0.1, 0.15) is 6.04 Å². The lowest BCUT2D eigenvalue weighted by atomic mass is 9.95. The van der Waals surface area contributed by atoms with Gasteiger partial charge >= 0.3 is 5.97 Å². The molecule has 1 amide bonds. The molecule has 0 radical (unpaired) electrons. The molecule has 0 aromatic heterocycles.